The maximum Gasteiger partial charge on any atom is 0.315 e. The fourth-order valence-corrected chi connectivity index (χ4v) is 2.20. The van der Waals surface area contributed by atoms with Gasteiger partial charge in [0.25, 0.3) is 0 Å². The molecule has 0 saturated heterocycles. The van der Waals surface area contributed by atoms with Crippen LogP contribution in [0.15, 0.2) is 41.1 Å². The van der Waals surface area contributed by atoms with Gasteiger partial charge in [0.1, 0.15) is 11.6 Å². The van der Waals surface area contributed by atoms with Crippen molar-refractivity contribution in [3.05, 3.63) is 48.0 Å². The van der Waals surface area contributed by atoms with Crippen LogP contribution in [0.2, 0.25) is 0 Å². The van der Waals surface area contributed by atoms with Crippen LogP contribution < -0.4 is 15.5 Å². The minimum Gasteiger partial charge on any atom is -0.469 e. The lowest BCUT2D eigenvalue weighted by Crippen LogP contribution is -2.41. The van der Waals surface area contributed by atoms with Crippen LogP contribution in [0.4, 0.5) is 10.6 Å². The van der Waals surface area contributed by atoms with E-state index in [0.29, 0.717) is 13.0 Å². The summed E-state index contributed by atoms with van der Waals surface area (Å²) in [6.45, 7) is 2.37. The predicted octanol–water partition coefficient (Wildman–Crippen LogP) is 2.17. The third-order valence-corrected chi connectivity index (χ3v) is 3.20. The molecule has 0 aliphatic carbocycles. The Morgan fingerprint density at radius 2 is 2.18 bits per heavy atom. The van der Waals surface area contributed by atoms with E-state index < -0.39 is 0 Å². The topological polar surface area (TPSA) is 70.4 Å². The number of rotatable bonds is 6. The van der Waals surface area contributed by atoms with Gasteiger partial charge in [-0.2, -0.15) is 0 Å². The molecular weight excluding hydrogens is 280 g/mol. The van der Waals surface area contributed by atoms with Crippen molar-refractivity contribution in [2.45, 2.75) is 25.9 Å². The molecule has 1 atom stereocenters. The molecule has 0 aromatic carbocycles. The molecule has 118 valence electrons. The second kappa shape index (κ2) is 7.49. The molecular formula is C16H22N4O2. The lowest BCUT2D eigenvalue weighted by molar-refractivity contribution is 0.237. The second-order valence-electron chi connectivity index (χ2n) is 5.39. The van der Waals surface area contributed by atoms with Crippen LogP contribution in [0.25, 0.3) is 0 Å². The number of hydrogen-bond acceptors (Lipinski definition) is 4. The zero-order chi connectivity index (χ0) is 15.9. The van der Waals surface area contributed by atoms with E-state index in [1.54, 1.807) is 12.5 Å². The Morgan fingerprint density at radius 1 is 1.36 bits per heavy atom. The number of carbonyl (C=O) groups excluding carboxylic acids is 1. The SMILES string of the molecule is C[C@H](Cc1ccco1)NC(=O)NCc1cccnc1N(C)C. The van der Waals surface area contributed by atoms with Crippen LogP contribution in [0.3, 0.4) is 0 Å². The van der Waals surface area contributed by atoms with Gasteiger partial charge < -0.3 is 20.0 Å². The molecule has 0 spiro atoms. The number of carbonyl (C=O) groups is 1. The smallest absolute Gasteiger partial charge is 0.315 e. The molecule has 22 heavy (non-hydrogen) atoms. The highest BCUT2D eigenvalue weighted by molar-refractivity contribution is 5.74. The largest absolute Gasteiger partial charge is 0.469 e. The van der Waals surface area contributed by atoms with Crippen LogP contribution in [0, 0.1) is 0 Å². The minimum absolute atomic E-state index is 0.00614. The summed E-state index contributed by atoms with van der Waals surface area (Å²) in [5.74, 6) is 1.71. The molecule has 0 unspecified atom stereocenters. The summed E-state index contributed by atoms with van der Waals surface area (Å²) in [5, 5.41) is 5.75. The first-order valence-corrected chi connectivity index (χ1v) is 7.24. The summed E-state index contributed by atoms with van der Waals surface area (Å²) in [5.41, 5.74) is 0.973. The van der Waals surface area contributed by atoms with Crippen molar-refractivity contribution in [1.82, 2.24) is 15.6 Å². The normalized spacial score (nSPS) is 11.8. The Kier molecular flexibility index (Phi) is 5.41. The fourth-order valence-electron chi connectivity index (χ4n) is 2.20. The van der Waals surface area contributed by atoms with E-state index in [-0.39, 0.29) is 12.1 Å². The Hall–Kier alpha value is -2.50. The summed E-state index contributed by atoms with van der Waals surface area (Å²) in [6, 6.07) is 7.35. The minimum atomic E-state index is -0.201. The zero-order valence-corrected chi connectivity index (χ0v) is 13.2. The van der Waals surface area contributed by atoms with E-state index >= 15 is 0 Å². The molecule has 6 nitrogen and oxygen atoms in total. The van der Waals surface area contributed by atoms with Crippen molar-refractivity contribution in [2.75, 3.05) is 19.0 Å². The van der Waals surface area contributed by atoms with E-state index in [4.69, 9.17) is 4.42 Å². The van der Waals surface area contributed by atoms with E-state index in [1.807, 2.05) is 50.2 Å². The van der Waals surface area contributed by atoms with Gasteiger partial charge in [-0.1, -0.05) is 6.07 Å². The third-order valence-electron chi connectivity index (χ3n) is 3.20. The zero-order valence-electron chi connectivity index (χ0n) is 13.2. The Labute approximate surface area is 130 Å². The average Bonchev–Trinajstić information content (AvgIpc) is 2.98. The third kappa shape index (κ3) is 4.51. The number of nitrogens with one attached hydrogen (secondary N) is 2. The maximum atomic E-state index is 11.9. The van der Waals surface area contributed by atoms with Gasteiger partial charge in [-0.25, -0.2) is 9.78 Å². The Bertz CT molecular complexity index is 596. The predicted molar refractivity (Wildman–Crippen MR) is 85.8 cm³/mol. The quantitative estimate of drug-likeness (QED) is 0.858. The van der Waals surface area contributed by atoms with Crippen LogP contribution in [-0.4, -0.2) is 31.2 Å². The molecule has 0 saturated carbocycles. The summed E-state index contributed by atoms with van der Waals surface area (Å²) in [6.07, 6.45) is 4.04. The van der Waals surface area contributed by atoms with Crippen molar-refractivity contribution in [3.8, 4) is 0 Å². The van der Waals surface area contributed by atoms with Crippen molar-refractivity contribution in [1.29, 1.82) is 0 Å². The fraction of sp³-hybridized carbons (Fsp3) is 0.375. The monoisotopic (exact) mass is 302 g/mol. The van der Waals surface area contributed by atoms with E-state index in [0.717, 1.165) is 17.1 Å². The van der Waals surface area contributed by atoms with Crippen molar-refractivity contribution >= 4 is 11.8 Å². The molecule has 0 fully saturated rings. The molecule has 6 heteroatoms. The van der Waals surface area contributed by atoms with Crippen molar-refractivity contribution in [2.24, 2.45) is 0 Å². The standard InChI is InChI=1S/C16H22N4O2/c1-12(10-14-7-5-9-22-14)19-16(21)18-11-13-6-4-8-17-15(13)20(2)3/h4-9,12H,10-11H2,1-3H3,(H2,18,19,21)/t12-/m1/s1. The maximum absolute atomic E-state index is 11.9. The summed E-state index contributed by atoms with van der Waals surface area (Å²) in [7, 11) is 3.86. The van der Waals surface area contributed by atoms with E-state index in [2.05, 4.69) is 15.6 Å². The Balaban J connectivity index is 1.83. The van der Waals surface area contributed by atoms with E-state index in [9.17, 15) is 4.79 Å². The van der Waals surface area contributed by atoms with Gasteiger partial charge in [0, 0.05) is 44.9 Å². The first-order valence-electron chi connectivity index (χ1n) is 7.24. The van der Waals surface area contributed by atoms with Gasteiger partial charge in [0.2, 0.25) is 0 Å². The summed E-state index contributed by atoms with van der Waals surface area (Å²) < 4.78 is 5.27. The van der Waals surface area contributed by atoms with Gasteiger partial charge in [-0.05, 0) is 25.1 Å². The molecule has 2 aromatic rings. The first kappa shape index (κ1) is 15.9. The van der Waals surface area contributed by atoms with E-state index in [1.165, 1.54) is 0 Å². The molecule has 0 aliphatic rings. The molecule has 2 aromatic heterocycles. The lowest BCUT2D eigenvalue weighted by atomic mass is 10.2. The van der Waals surface area contributed by atoms with Gasteiger partial charge in [0.05, 0.1) is 6.26 Å². The molecule has 2 amide bonds. The van der Waals surface area contributed by atoms with Crippen LogP contribution in [-0.2, 0) is 13.0 Å². The number of hydrogen-bond donors (Lipinski definition) is 2. The van der Waals surface area contributed by atoms with Crippen LogP contribution in [0.1, 0.15) is 18.2 Å². The van der Waals surface area contributed by atoms with Gasteiger partial charge >= 0.3 is 6.03 Å². The highest BCUT2D eigenvalue weighted by Crippen LogP contribution is 2.13. The number of furan rings is 1. The molecule has 0 radical (unpaired) electrons. The van der Waals surface area contributed by atoms with Gasteiger partial charge in [0.15, 0.2) is 0 Å². The summed E-state index contributed by atoms with van der Waals surface area (Å²) >= 11 is 0. The second-order valence-corrected chi connectivity index (χ2v) is 5.39. The number of amides is 2. The van der Waals surface area contributed by atoms with Gasteiger partial charge in [-0.15, -0.1) is 0 Å². The average molecular weight is 302 g/mol. The van der Waals surface area contributed by atoms with Crippen LogP contribution in [0.5, 0.6) is 0 Å². The summed E-state index contributed by atoms with van der Waals surface area (Å²) in [4.78, 5) is 18.2. The molecule has 2 heterocycles. The lowest BCUT2D eigenvalue weighted by Gasteiger charge is -2.17. The Morgan fingerprint density at radius 3 is 2.86 bits per heavy atom. The van der Waals surface area contributed by atoms with Crippen molar-refractivity contribution in [3.63, 3.8) is 0 Å². The number of aromatic nitrogens is 1. The molecule has 0 bridgehead atoms. The van der Waals surface area contributed by atoms with Crippen molar-refractivity contribution < 1.29 is 9.21 Å². The first-order chi connectivity index (χ1) is 10.6. The number of pyridine rings is 1. The number of urea groups is 1. The molecule has 2 rings (SSSR count). The highest BCUT2D eigenvalue weighted by Gasteiger charge is 2.11. The van der Waals surface area contributed by atoms with Crippen LogP contribution >= 0.6 is 0 Å². The molecule has 0 aliphatic heterocycles. The highest BCUT2D eigenvalue weighted by atomic mass is 16.3. The molecule has 2 N–H and O–H groups in total. The number of anilines is 1. The number of nitrogens with zero attached hydrogens (tertiary/aromatic N) is 2. The van der Waals surface area contributed by atoms with Gasteiger partial charge in [-0.3, -0.25) is 0 Å².